The fourth-order valence-electron chi connectivity index (χ4n) is 1.69. The summed E-state index contributed by atoms with van der Waals surface area (Å²) in [5, 5.41) is 0. The van der Waals surface area contributed by atoms with Crippen molar-refractivity contribution in [3.8, 4) is 0 Å². The van der Waals surface area contributed by atoms with Crippen molar-refractivity contribution in [3.63, 3.8) is 0 Å². The maximum atomic E-state index is 13.3. The van der Waals surface area contributed by atoms with Gasteiger partial charge in [-0.3, -0.25) is 4.79 Å². The highest BCUT2D eigenvalue weighted by Gasteiger charge is 2.52. The number of carbonyl (C=O) groups is 1. The third-order valence-corrected chi connectivity index (χ3v) is 3.93. The Balaban J connectivity index is 1.75. The first-order chi connectivity index (χ1) is 8.88. The Hall–Kier alpha value is -0.870. The summed E-state index contributed by atoms with van der Waals surface area (Å²) in [4.78, 5) is 11.4. The second kappa shape index (κ2) is 5.63. The Labute approximate surface area is 119 Å². The average molecular weight is 309 g/mol. The lowest BCUT2D eigenvalue weighted by atomic mass is 10.1. The molecule has 1 saturated carbocycles. The molecule has 0 amide bonds. The van der Waals surface area contributed by atoms with Crippen LogP contribution in [0.1, 0.15) is 18.4 Å². The van der Waals surface area contributed by atoms with Gasteiger partial charge < -0.3 is 4.74 Å². The minimum atomic E-state index is -0.783. The molecule has 1 aliphatic carbocycles. The van der Waals surface area contributed by atoms with Crippen LogP contribution >= 0.6 is 23.2 Å². The molecule has 1 unspecified atom stereocenters. The van der Waals surface area contributed by atoms with Crippen molar-refractivity contribution in [2.45, 2.75) is 23.6 Å². The lowest BCUT2D eigenvalue weighted by molar-refractivity contribution is -0.144. The molecule has 2 nitrogen and oxygen atoms in total. The van der Waals surface area contributed by atoms with E-state index >= 15 is 0 Å². The van der Waals surface area contributed by atoms with E-state index in [-0.39, 0.29) is 30.9 Å². The molecule has 1 fully saturated rings. The first kappa shape index (κ1) is 14.5. The minimum absolute atomic E-state index is 0.00926. The van der Waals surface area contributed by atoms with Gasteiger partial charge >= 0.3 is 5.97 Å². The number of halogens is 4. The molecule has 1 aromatic carbocycles. The molecule has 19 heavy (non-hydrogen) atoms. The summed E-state index contributed by atoms with van der Waals surface area (Å²) in [6.45, 7) is 0.164. The molecule has 0 radical (unpaired) electrons. The monoisotopic (exact) mass is 308 g/mol. The molecule has 1 aromatic rings. The molecule has 0 aromatic heterocycles. The molecule has 104 valence electrons. The van der Waals surface area contributed by atoms with Crippen molar-refractivity contribution in [2.75, 3.05) is 6.61 Å². The van der Waals surface area contributed by atoms with Gasteiger partial charge in [0.2, 0.25) is 0 Å². The number of rotatable bonds is 5. The van der Waals surface area contributed by atoms with Crippen LogP contribution in [-0.2, 0) is 16.0 Å². The Morgan fingerprint density at radius 2 is 2.11 bits per heavy atom. The lowest BCUT2D eigenvalue weighted by Gasteiger charge is -2.05. The summed E-state index contributed by atoms with van der Waals surface area (Å²) >= 11 is 11.6. The molecule has 0 N–H and O–H groups in total. The maximum Gasteiger partial charge on any atom is 0.306 e. The molecule has 1 atom stereocenters. The van der Waals surface area contributed by atoms with E-state index in [1.54, 1.807) is 0 Å². The SMILES string of the molecule is O=C(CCc1cc(F)ccc1F)OCC1CC1(Cl)Cl. The van der Waals surface area contributed by atoms with Crippen molar-refractivity contribution in [2.24, 2.45) is 5.92 Å². The lowest BCUT2D eigenvalue weighted by Crippen LogP contribution is -2.10. The van der Waals surface area contributed by atoms with Crippen molar-refractivity contribution in [3.05, 3.63) is 35.4 Å². The van der Waals surface area contributed by atoms with E-state index < -0.39 is 21.9 Å². The van der Waals surface area contributed by atoms with Crippen LogP contribution in [0.25, 0.3) is 0 Å². The van der Waals surface area contributed by atoms with Gasteiger partial charge in [-0.05, 0) is 36.6 Å². The van der Waals surface area contributed by atoms with Gasteiger partial charge in [-0.2, -0.15) is 0 Å². The summed E-state index contributed by atoms with van der Waals surface area (Å²) in [6, 6.07) is 3.15. The van der Waals surface area contributed by atoms with Gasteiger partial charge in [-0.1, -0.05) is 0 Å². The van der Waals surface area contributed by atoms with Crippen LogP contribution in [0, 0.1) is 17.6 Å². The van der Waals surface area contributed by atoms with Crippen molar-refractivity contribution >= 4 is 29.2 Å². The number of carbonyl (C=O) groups excluding carboxylic acids is 1. The normalized spacial score (nSPS) is 20.1. The number of alkyl halides is 2. The molecule has 1 aliphatic rings. The summed E-state index contributed by atoms with van der Waals surface area (Å²) in [6.07, 6.45) is 0.687. The van der Waals surface area contributed by atoms with Crippen LogP contribution < -0.4 is 0 Å². The Bertz CT molecular complexity index is 492. The zero-order valence-electron chi connectivity index (χ0n) is 9.97. The van der Waals surface area contributed by atoms with Gasteiger partial charge in [-0.25, -0.2) is 8.78 Å². The molecular formula is C13H12Cl2F2O2. The quantitative estimate of drug-likeness (QED) is 0.613. The van der Waals surface area contributed by atoms with Crippen molar-refractivity contribution in [1.82, 2.24) is 0 Å². The number of hydrogen-bond acceptors (Lipinski definition) is 2. The Morgan fingerprint density at radius 3 is 2.74 bits per heavy atom. The van der Waals surface area contributed by atoms with Crippen LogP contribution in [0.15, 0.2) is 18.2 Å². The van der Waals surface area contributed by atoms with Gasteiger partial charge in [0.15, 0.2) is 0 Å². The predicted octanol–water partition coefficient (Wildman–Crippen LogP) is 3.63. The van der Waals surface area contributed by atoms with Crippen LogP contribution in [-0.4, -0.2) is 16.9 Å². The summed E-state index contributed by atoms with van der Waals surface area (Å²) in [5.74, 6) is -1.57. The van der Waals surface area contributed by atoms with Crippen LogP contribution in [0.4, 0.5) is 8.78 Å². The van der Waals surface area contributed by atoms with E-state index in [1.807, 2.05) is 0 Å². The van der Waals surface area contributed by atoms with Crippen molar-refractivity contribution < 1.29 is 18.3 Å². The van der Waals surface area contributed by atoms with Crippen LogP contribution in [0.3, 0.4) is 0 Å². The first-order valence-electron chi connectivity index (χ1n) is 5.86. The summed E-state index contributed by atoms with van der Waals surface area (Å²) in [5.41, 5.74) is 0.160. The highest BCUT2D eigenvalue weighted by Crippen LogP contribution is 2.53. The third kappa shape index (κ3) is 4.05. The Kier molecular flexibility index (Phi) is 4.31. The van der Waals surface area contributed by atoms with Crippen LogP contribution in [0.2, 0.25) is 0 Å². The van der Waals surface area contributed by atoms with E-state index in [0.29, 0.717) is 6.42 Å². The van der Waals surface area contributed by atoms with Gasteiger partial charge in [0.05, 0.1) is 6.61 Å². The summed E-state index contributed by atoms with van der Waals surface area (Å²) in [7, 11) is 0. The molecule has 0 spiro atoms. The fourth-order valence-corrected chi connectivity index (χ4v) is 2.19. The number of hydrogen-bond donors (Lipinski definition) is 0. The standard InChI is InChI=1S/C13H12Cl2F2O2/c14-13(15)6-9(13)7-19-12(18)4-1-8-5-10(16)2-3-11(8)17/h2-3,5,9H,1,4,6-7H2. The number of benzene rings is 1. The molecule has 2 rings (SSSR count). The second-order valence-corrected chi connectivity index (χ2v) is 6.12. The highest BCUT2D eigenvalue weighted by atomic mass is 35.5. The van der Waals surface area contributed by atoms with Gasteiger partial charge in [0.1, 0.15) is 16.0 Å². The first-order valence-corrected chi connectivity index (χ1v) is 6.61. The minimum Gasteiger partial charge on any atom is -0.465 e. The fraction of sp³-hybridized carbons (Fsp3) is 0.462. The van der Waals surface area contributed by atoms with E-state index in [9.17, 15) is 13.6 Å². The topological polar surface area (TPSA) is 26.3 Å². The highest BCUT2D eigenvalue weighted by molar-refractivity contribution is 6.50. The van der Waals surface area contributed by atoms with E-state index in [2.05, 4.69) is 0 Å². The molecule has 0 heterocycles. The Morgan fingerprint density at radius 1 is 1.42 bits per heavy atom. The second-order valence-electron chi connectivity index (χ2n) is 4.58. The molecule has 0 aliphatic heterocycles. The number of ether oxygens (including phenoxy) is 1. The van der Waals surface area contributed by atoms with E-state index in [1.165, 1.54) is 0 Å². The molecule has 0 bridgehead atoms. The molecular weight excluding hydrogens is 297 g/mol. The average Bonchev–Trinajstić information content (AvgIpc) is 2.96. The number of aryl methyl sites for hydroxylation is 1. The number of esters is 1. The zero-order valence-corrected chi connectivity index (χ0v) is 11.5. The summed E-state index contributed by atoms with van der Waals surface area (Å²) < 4.78 is 30.4. The van der Waals surface area contributed by atoms with Crippen molar-refractivity contribution in [1.29, 1.82) is 0 Å². The van der Waals surface area contributed by atoms with Gasteiger partial charge in [0.25, 0.3) is 0 Å². The zero-order chi connectivity index (χ0) is 14.0. The maximum absolute atomic E-state index is 13.3. The van der Waals surface area contributed by atoms with Gasteiger partial charge in [0, 0.05) is 12.3 Å². The third-order valence-electron chi connectivity index (χ3n) is 3.01. The molecule has 6 heteroatoms. The largest absolute Gasteiger partial charge is 0.465 e. The molecule has 0 saturated heterocycles. The van der Waals surface area contributed by atoms with Gasteiger partial charge in [-0.15, -0.1) is 23.2 Å². The smallest absolute Gasteiger partial charge is 0.306 e. The van der Waals surface area contributed by atoms with E-state index in [0.717, 1.165) is 18.2 Å². The van der Waals surface area contributed by atoms with Crippen LogP contribution in [0.5, 0.6) is 0 Å². The predicted molar refractivity (Wildman–Crippen MR) is 68.2 cm³/mol. The van der Waals surface area contributed by atoms with E-state index in [4.69, 9.17) is 27.9 Å².